The van der Waals surface area contributed by atoms with Gasteiger partial charge in [-0.15, -0.1) is 0 Å². The van der Waals surface area contributed by atoms with Gasteiger partial charge >= 0.3 is 0 Å². The van der Waals surface area contributed by atoms with Gasteiger partial charge in [-0.3, -0.25) is 9.79 Å². The predicted molar refractivity (Wildman–Crippen MR) is 101 cm³/mol. The molecule has 2 heterocycles. The molecule has 1 unspecified atom stereocenters. The monoisotopic (exact) mass is 342 g/mol. The smallest absolute Gasteiger partial charge is 0.223 e. The average molecular weight is 342 g/mol. The number of rotatable bonds is 4. The maximum atomic E-state index is 12.4. The Morgan fingerprint density at radius 3 is 2.60 bits per heavy atom. The van der Waals surface area contributed by atoms with Crippen molar-refractivity contribution >= 4 is 11.9 Å². The average Bonchev–Trinajstić information content (AvgIpc) is 3.06. The van der Waals surface area contributed by atoms with Gasteiger partial charge in [0, 0.05) is 46.2 Å². The Bertz CT molecular complexity index is 603. The van der Waals surface area contributed by atoms with E-state index in [0.29, 0.717) is 6.42 Å². The van der Waals surface area contributed by atoms with Crippen LogP contribution in [0.3, 0.4) is 0 Å². The number of carbonyl (C=O) groups excluding carboxylic acids is 1. The molecule has 136 valence electrons. The van der Waals surface area contributed by atoms with Crippen LogP contribution >= 0.6 is 0 Å². The van der Waals surface area contributed by atoms with Crippen LogP contribution in [0.4, 0.5) is 0 Å². The first-order chi connectivity index (χ1) is 12.2. The van der Waals surface area contributed by atoms with Gasteiger partial charge in [0.05, 0.1) is 0 Å². The van der Waals surface area contributed by atoms with Gasteiger partial charge in [-0.1, -0.05) is 31.2 Å². The van der Waals surface area contributed by atoms with E-state index in [0.717, 1.165) is 51.0 Å². The highest BCUT2D eigenvalue weighted by Crippen LogP contribution is 2.22. The summed E-state index contributed by atoms with van der Waals surface area (Å²) in [4.78, 5) is 21.1. The first kappa shape index (κ1) is 17.8. The van der Waals surface area contributed by atoms with Gasteiger partial charge in [-0.25, -0.2) is 0 Å². The standard InChI is InChI=1S/C20H30N4O/c1-16-7-6-12-23(13-16)20(21-2)22-11-5-10-19(25)24-14-17-8-3-4-9-18(17)15-24/h3-4,8-9,16H,5-7,10-15H2,1-2H3,(H,21,22). The quantitative estimate of drug-likeness (QED) is 0.520. The molecule has 2 aliphatic rings. The summed E-state index contributed by atoms with van der Waals surface area (Å²) < 4.78 is 0. The van der Waals surface area contributed by atoms with E-state index in [1.165, 1.54) is 24.0 Å². The van der Waals surface area contributed by atoms with Crippen molar-refractivity contribution in [3.8, 4) is 0 Å². The SMILES string of the molecule is CN=C(NCCCC(=O)N1Cc2ccccc2C1)N1CCCC(C)C1. The summed E-state index contributed by atoms with van der Waals surface area (Å²) >= 11 is 0. The number of hydrogen-bond donors (Lipinski definition) is 1. The van der Waals surface area contributed by atoms with Gasteiger partial charge in [-0.2, -0.15) is 0 Å². The molecule has 1 aromatic carbocycles. The van der Waals surface area contributed by atoms with Gasteiger partial charge in [0.15, 0.2) is 5.96 Å². The van der Waals surface area contributed by atoms with E-state index in [1.807, 2.05) is 24.1 Å². The van der Waals surface area contributed by atoms with Crippen molar-refractivity contribution in [2.45, 2.75) is 45.7 Å². The van der Waals surface area contributed by atoms with Crippen molar-refractivity contribution in [1.29, 1.82) is 0 Å². The number of guanidine groups is 1. The maximum Gasteiger partial charge on any atom is 0.223 e. The molecule has 5 nitrogen and oxygen atoms in total. The molecule has 0 aliphatic carbocycles. The van der Waals surface area contributed by atoms with Crippen molar-refractivity contribution in [2.24, 2.45) is 10.9 Å². The number of amides is 1. The van der Waals surface area contributed by atoms with Crippen LogP contribution in [0.15, 0.2) is 29.3 Å². The van der Waals surface area contributed by atoms with Crippen LogP contribution in [0, 0.1) is 5.92 Å². The molecule has 0 bridgehead atoms. The van der Waals surface area contributed by atoms with Crippen LogP contribution in [-0.2, 0) is 17.9 Å². The van der Waals surface area contributed by atoms with Crippen molar-refractivity contribution in [1.82, 2.24) is 15.1 Å². The number of carbonyl (C=O) groups is 1. The summed E-state index contributed by atoms with van der Waals surface area (Å²) in [7, 11) is 1.84. The highest BCUT2D eigenvalue weighted by molar-refractivity contribution is 5.80. The van der Waals surface area contributed by atoms with Crippen LogP contribution in [0.2, 0.25) is 0 Å². The third-order valence-electron chi connectivity index (χ3n) is 5.21. The molecule has 2 aliphatic heterocycles. The molecular weight excluding hydrogens is 312 g/mol. The largest absolute Gasteiger partial charge is 0.356 e. The fourth-order valence-electron chi connectivity index (χ4n) is 3.82. The van der Waals surface area contributed by atoms with Gasteiger partial charge in [0.25, 0.3) is 0 Å². The number of nitrogens with zero attached hydrogens (tertiary/aromatic N) is 3. The second-order valence-electron chi connectivity index (χ2n) is 7.29. The second-order valence-corrected chi connectivity index (χ2v) is 7.29. The summed E-state index contributed by atoms with van der Waals surface area (Å²) in [6.07, 6.45) is 3.97. The third kappa shape index (κ3) is 4.53. The van der Waals surface area contributed by atoms with Crippen molar-refractivity contribution < 1.29 is 4.79 Å². The Hall–Kier alpha value is -2.04. The van der Waals surface area contributed by atoms with Gasteiger partial charge in [0.1, 0.15) is 0 Å². The lowest BCUT2D eigenvalue weighted by molar-refractivity contribution is -0.131. The van der Waals surface area contributed by atoms with E-state index in [2.05, 4.69) is 34.3 Å². The lowest BCUT2D eigenvalue weighted by Crippen LogP contribution is -2.46. The summed E-state index contributed by atoms with van der Waals surface area (Å²) in [6, 6.07) is 8.33. The molecular formula is C20H30N4O. The van der Waals surface area contributed by atoms with Crippen LogP contribution in [0.25, 0.3) is 0 Å². The van der Waals surface area contributed by atoms with Crippen LogP contribution in [0.1, 0.15) is 43.7 Å². The predicted octanol–water partition coefficient (Wildman–Crippen LogP) is 2.62. The first-order valence-electron chi connectivity index (χ1n) is 9.47. The number of fused-ring (bicyclic) bond motifs is 1. The number of likely N-dealkylation sites (tertiary alicyclic amines) is 1. The zero-order valence-electron chi connectivity index (χ0n) is 15.5. The van der Waals surface area contributed by atoms with E-state index in [-0.39, 0.29) is 5.91 Å². The Morgan fingerprint density at radius 1 is 1.24 bits per heavy atom. The van der Waals surface area contributed by atoms with E-state index < -0.39 is 0 Å². The lowest BCUT2D eigenvalue weighted by Gasteiger charge is -2.33. The number of aliphatic imine (C=N–C) groups is 1. The molecule has 1 aromatic rings. The second kappa shape index (κ2) is 8.37. The van der Waals surface area contributed by atoms with Crippen molar-refractivity contribution in [3.05, 3.63) is 35.4 Å². The molecule has 5 heteroatoms. The molecule has 1 amide bonds. The molecule has 3 rings (SSSR count). The van der Waals surface area contributed by atoms with E-state index in [9.17, 15) is 4.79 Å². The summed E-state index contributed by atoms with van der Waals surface area (Å²) in [5, 5.41) is 3.43. The summed E-state index contributed by atoms with van der Waals surface area (Å²) in [6.45, 7) is 6.77. The highest BCUT2D eigenvalue weighted by Gasteiger charge is 2.22. The Balaban J connectivity index is 1.39. The molecule has 1 N–H and O–H groups in total. The fraction of sp³-hybridized carbons (Fsp3) is 0.600. The third-order valence-corrected chi connectivity index (χ3v) is 5.21. The maximum absolute atomic E-state index is 12.4. The Kier molecular flexibility index (Phi) is 5.95. The zero-order valence-corrected chi connectivity index (χ0v) is 15.5. The van der Waals surface area contributed by atoms with E-state index in [1.54, 1.807) is 0 Å². The molecule has 1 saturated heterocycles. The number of benzene rings is 1. The van der Waals surface area contributed by atoms with E-state index >= 15 is 0 Å². The number of hydrogen-bond acceptors (Lipinski definition) is 2. The van der Waals surface area contributed by atoms with E-state index in [4.69, 9.17) is 0 Å². The summed E-state index contributed by atoms with van der Waals surface area (Å²) in [5.41, 5.74) is 2.57. The van der Waals surface area contributed by atoms with Crippen molar-refractivity contribution in [3.63, 3.8) is 0 Å². The molecule has 0 aromatic heterocycles. The molecule has 0 spiro atoms. The van der Waals surface area contributed by atoms with Gasteiger partial charge < -0.3 is 15.1 Å². The molecule has 1 fully saturated rings. The Labute approximate surface area is 151 Å². The molecule has 1 atom stereocenters. The molecule has 25 heavy (non-hydrogen) atoms. The van der Waals surface area contributed by atoms with Crippen LogP contribution < -0.4 is 5.32 Å². The normalized spacial score (nSPS) is 20.6. The minimum Gasteiger partial charge on any atom is -0.356 e. The lowest BCUT2D eigenvalue weighted by atomic mass is 10.0. The number of nitrogens with one attached hydrogen (secondary N) is 1. The molecule has 0 radical (unpaired) electrons. The van der Waals surface area contributed by atoms with Gasteiger partial charge in [0.2, 0.25) is 5.91 Å². The first-order valence-corrected chi connectivity index (χ1v) is 9.47. The Morgan fingerprint density at radius 2 is 1.96 bits per heavy atom. The van der Waals surface area contributed by atoms with Crippen molar-refractivity contribution in [2.75, 3.05) is 26.7 Å². The highest BCUT2D eigenvalue weighted by atomic mass is 16.2. The topological polar surface area (TPSA) is 47.9 Å². The van der Waals surface area contributed by atoms with Crippen LogP contribution in [0.5, 0.6) is 0 Å². The molecule has 0 saturated carbocycles. The zero-order chi connectivity index (χ0) is 17.6. The van der Waals surface area contributed by atoms with Gasteiger partial charge in [-0.05, 0) is 36.3 Å². The van der Waals surface area contributed by atoms with Crippen LogP contribution in [-0.4, -0.2) is 48.3 Å². The summed E-state index contributed by atoms with van der Waals surface area (Å²) in [5.74, 6) is 1.96. The fourth-order valence-corrected chi connectivity index (χ4v) is 3.82. The minimum absolute atomic E-state index is 0.250. The number of piperidine rings is 1. The minimum atomic E-state index is 0.250.